The molecule has 0 radical (unpaired) electrons. The van der Waals surface area contributed by atoms with Crippen molar-refractivity contribution >= 4 is 22.9 Å². The highest BCUT2D eigenvalue weighted by atomic mass is 16.5. The van der Waals surface area contributed by atoms with E-state index in [1.807, 2.05) is 0 Å². The number of carboxylic acids is 1. The number of aromatic nitrogens is 2. The molecule has 0 fully saturated rings. The fourth-order valence-corrected chi connectivity index (χ4v) is 2.05. The number of carbonyl (C=O) groups excluding carboxylic acids is 1. The lowest BCUT2D eigenvalue weighted by Crippen LogP contribution is -2.44. The van der Waals surface area contributed by atoms with Crippen molar-refractivity contribution in [3.63, 3.8) is 0 Å². The van der Waals surface area contributed by atoms with Crippen molar-refractivity contribution in [2.45, 2.75) is 6.04 Å². The van der Waals surface area contributed by atoms with Crippen molar-refractivity contribution in [2.24, 2.45) is 7.05 Å². The normalized spacial score (nSPS) is 12.0. The molecule has 1 heterocycles. The van der Waals surface area contributed by atoms with Crippen molar-refractivity contribution in [1.29, 1.82) is 0 Å². The van der Waals surface area contributed by atoms with Gasteiger partial charge in [0.25, 0.3) is 5.91 Å². The number of benzene rings is 1. The molecule has 2 rings (SSSR count). The van der Waals surface area contributed by atoms with E-state index >= 15 is 0 Å². The van der Waals surface area contributed by atoms with Crippen molar-refractivity contribution in [3.05, 3.63) is 46.9 Å². The molecular weight excluding hydrogens is 302 g/mol. The summed E-state index contributed by atoms with van der Waals surface area (Å²) in [6.07, 6.45) is 1.49. The minimum atomic E-state index is -1.20. The van der Waals surface area contributed by atoms with E-state index in [-0.39, 0.29) is 24.5 Å². The smallest absolute Gasteiger partial charge is 0.328 e. The summed E-state index contributed by atoms with van der Waals surface area (Å²) in [5.74, 6) is -1.76. The molecule has 8 nitrogen and oxygen atoms in total. The Morgan fingerprint density at radius 3 is 2.91 bits per heavy atom. The second kappa shape index (κ2) is 6.93. The van der Waals surface area contributed by atoms with E-state index in [0.29, 0.717) is 11.0 Å². The number of rotatable bonds is 7. The molecule has 23 heavy (non-hydrogen) atoms. The van der Waals surface area contributed by atoms with E-state index in [0.717, 1.165) is 0 Å². The van der Waals surface area contributed by atoms with E-state index in [4.69, 9.17) is 9.84 Å². The number of aromatic amines is 1. The minimum absolute atomic E-state index is 0.169. The summed E-state index contributed by atoms with van der Waals surface area (Å²) in [7, 11) is 1.58. The third kappa shape index (κ3) is 3.67. The number of carbonyl (C=O) groups is 2. The zero-order valence-corrected chi connectivity index (χ0v) is 12.5. The number of hydrogen-bond donors (Lipinski definition) is 3. The van der Waals surface area contributed by atoms with E-state index in [2.05, 4.69) is 16.9 Å². The van der Waals surface area contributed by atoms with Gasteiger partial charge in [-0.15, -0.1) is 6.58 Å². The molecule has 0 saturated carbocycles. The number of H-pyrrole nitrogens is 1. The van der Waals surface area contributed by atoms with Gasteiger partial charge in [-0.2, -0.15) is 0 Å². The van der Waals surface area contributed by atoms with Gasteiger partial charge in [0, 0.05) is 12.6 Å². The standard InChI is InChI=1S/C15H17N3O5/c1-3-6-23-8-11(14(20)21)16-13(19)9-4-5-10-12(7-9)18(2)15(22)17-10/h3-5,7,11H,1,6,8H2,2H3,(H,16,19)(H,17,22)(H,20,21). The Balaban J connectivity index is 2.18. The summed E-state index contributed by atoms with van der Waals surface area (Å²) in [4.78, 5) is 37.5. The summed E-state index contributed by atoms with van der Waals surface area (Å²) in [5, 5.41) is 11.5. The third-order valence-corrected chi connectivity index (χ3v) is 3.29. The maximum Gasteiger partial charge on any atom is 0.328 e. The van der Waals surface area contributed by atoms with Crippen molar-refractivity contribution < 1.29 is 19.4 Å². The van der Waals surface area contributed by atoms with E-state index < -0.39 is 17.9 Å². The predicted octanol–water partition coefficient (Wildman–Crippen LogP) is 0.252. The second-order valence-corrected chi connectivity index (χ2v) is 4.91. The highest BCUT2D eigenvalue weighted by Gasteiger charge is 2.21. The minimum Gasteiger partial charge on any atom is -0.480 e. The van der Waals surface area contributed by atoms with E-state index in [9.17, 15) is 14.4 Å². The summed E-state index contributed by atoms with van der Waals surface area (Å²) >= 11 is 0. The number of aryl methyl sites for hydroxylation is 1. The molecule has 0 aliphatic rings. The zero-order valence-electron chi connectivity index (χ0n) is 12.5. The second-order valence-electron chi connectivity index (χ2n) is 4.91. The Morgan fingerprint density at radius 2 is 2.26 bits per heavy atom. The van der Waals surface area contributed by atoms with Gasteiger partial charge < -0.3 is 20.1 Å². The lowest BCUT2D eigenvalue weighted by atomic mass is 10.1. The third-order valence-electron chi connectivity index (χ3n) is 3.29. The Hall–Kier alpha value is -2.87. The molecule has 0 spiro atoms. The van der Waals surface area contributed by atoms with E-state index in [1.165, 1.54) is 22.8 Å². The van der Waals surface area contributed by atoms with Gasteiger partial charge in [-0.3, -0.25) is 9.36 Å². The topological polar surface area (TPSA) is 113 Å². The summed E-state index contributed by atoms with van der Waals surface area (Å²) in [6, 6.07) is 3.45. The number of nitrogens with zero attached hydrogens (tertiary/aromatic N) is 1. The number of nitrogens with one attached hydrogen (secondary N) is 2. The predicted molar refractivity (Wildman–Crippen MR) is 83.4 cm³/mol. The molecule has 3 N–H and O–H groups in total. The summed E-state index contributed by atoms with van der Waals surface area (Å²) < 4.78 is 6.44. The van der Waals surface area contributed by atoms with Crippen LogP contribution in [0.5, 0.6) is 0 Å². The average molecular weight is 319 g/mol. The van der Waals surface area contributed by atoms with Crippen LogP contribution in [0.3, 0.4) is 0 Å². The first-order chi connectivity index (χ1) is 10.9. The molecule has 122 valence electrons. The Labute approximate surface area is 131 Å². The number of imidazole rings is 1. The first kappa shape index (κ1) is 16.5. The van der Waals surface area contributed by atoms with Crippen molar-refractivity contribution in [1.82, 2.24) is 14.9 Å². The molecule has 1 aromatic carbocycles. The zero-order chi connectivity index (χ0) is 17.0. The molecule has 1 aromatic heterocycles. The van der Waals surface area contributed by atoms with Crippen LogP contribution < -0.4 is 11.0 Å². The van der Waals surface area contributed by atoms with Crippen LogP contribution in [0.4, 0.5) is 0 Å². The summed E-state index contributed by atoms with van der Waals surface area (Å²) in [6.45, 7) is 3.48. The maximum absolute atomic E-state index is 12.2. The molecule has 1 amide bonds. The molecule has 0 aliphatic heterocycles. The first-order valence-electron chi connectivity index (χ1n) is 6.85. The van der Waals surface area contributed by atoms with E-state index in [1.54, 1.807) is 13.1 Å². The fraction of sp³-hybridized carbons (Fsp3) is 0.267. The number of carboxylic acid groups (broad SMARTS) is 1. The summed E-state index contributed by atoms with van der Waals surface area (Å²) in [5.41, 5.74) is 1.11. The Morgan fingerprint density at radius 1 is 1.52 bits per heavy atom. The van der Waals surface area contributed by atoms with Gasteiger partial charge >= 0.3 is 11.7 Å². The van der Waals surface area contributed by atoms with Gasteiger partial charge in [0.2, 0.25) is 0 Å². The molecule has 2 aromatic rings. The number of aliphatic carboxylic acids is 1. The highest BCUT2D eigenvalue weighted by Crippen LogP contribution is 2.12. The SMILES string of the molecule is C=CCOCC(NC(=O)c1ccc2[nH]c(=O)n(C)c2c1)C(=O)O. The first-order valence-corrected chi connectivity index (χ1v) is 6.85. The van der Waals surface area contributed by atoms with Crippen molar-refractivity contribution in [3.8, 4) is 0 Å². The largest absolute Gasteiger partial charge is 0.480 e. The van der Waals surface area contributed by atoms with Gasteiger partial charge in [-0.1, -0.05) is 6.08 Å². The van der Waals surface area contributed by atoms with Crippen LogP contribution in [0.1, 0.15) is 10.4 Å². The fourth-order valence-electron chi connectivity index (χ4n) is 2.05. The Bertz CT molecular complexity index is 805. The molecule has 0 saturated heterocycles. The molecule has 0 bridgehead atoms. The van der Waals surface area contributed by atoms with Crippen LogP contribution in [0.25, 0.3) is 11.0 Å². The number of fused-ring (bicyclic) bond motifs is 1. The number of hydrogen-bond acceptors (Lipinski definition) is 4. The quantitative estimate of drug-likeness (QED) is 0.500. The Kier molecular flexibility index (Phi) is 4.97. The maximum atomic E-state index is 12.2. The molecule has 1 unspecified atom stereocenters. The van der Waals surface area contributed by atoms with Gasteiger partial charge in [-0.25, -0.2) is 9.59 Å². The lowest BCUT2D eigenvalue weighted by molar-refractivity contribution is -0.140. The molecule has 0 aliphatic carbocycles. The van der Waals surface area contributed by atoms with Gasteiger partial charge in [0.15, 0.2) is 6.04 Å². The van der Waals surface area contributed by atoms with Crippen LogP contribution in [-0.4, -0.2) is 45.8 Å². The van der Waals surface area contributed by atoms with Crippen LogP contribution in [0.2, 0.25) is 0 Å². The lowest BCUT2D eigenvalue weighted by Gasteiger charge is -2.14. The molecule has 8 heteroatoms. The van der Waals surface area contributed by atoms with Crippen molar-refractivity contribution in [2.75, 3.05) is 13.2 Å². The molecular formula is C15H17N3O5. The highest BCUT2D eigenvalue weighted by molar-refractivity contribution is 5.99. The number of amides is 1. The average Bonchev–Trinajstić information content (AvgIpc) is 2.80. The van der Waals surface area contributed by atoms with Gasteiger partial charge in [0.1, 0.15) is 0 Å². The van der Waals surface area contributed by atoms with Crippen LogP contribution >= 0.6 is 0 Å². The van der Waals surface area contributed by atoms with Crippen LogP contribution in [-0.2, 0) is 16.6 Å². The van der Waals surface area contributed by atoms with Gasteiger partial charge in [0.05, 0.1) is 24.2 Å². The van der Waals surface area contributed by atoms with Crippen LogP contribution in [0, 0.1) is 0 Å². The van der Waals surface area contributed by atoms with Crippen LogP contribution in [0.15, 0.2) is 35.6 Å². The molecule has 1 atom stereocenters. The number of ether oxygens (including phenoxy) is 1. The monoisotopic (exact) mass is 319 g/mol. The van der Waals surface area contributed by atoms with Gasteiger partial charge in [-0.05, 0) is 18.2 Å².